The molecule has 2 heterocycles. The smallest absolute Gasteiger partial charge is 0.410 e. The van der Waals surface area contributed by atoms with Gasteiger partial charge in [-0.05, 0) is 69.2 Å². The van der Waals surface area contributed by atoms with Crippen molar-refractivity contribution in [3.05, 3.63) is 22.8 Å². The summed E-state index contributed by atoms with van der Waals surface area (Å²) < 4.78 is 11.6. The molecule has 0 spiro atoms. The first-order chi connectivity index (χ1) is 12.7. The molecular formula is C22H34N2O3. The molecule has 1 unspecified atom stereocenters. The fourth-order valence-corrected chi connectivity index (χ4v) is 4.39. The molecule has 0 aliphatic carbocycles. The molecule has 0 radical (unpaired) electrons. The summed E-state index contributed by atoms with van der Waals surface area (Å²) in [4.78, 5) is 16.9. The van der Waals surface area contributed by atoms with Crippen LogP contribution in [0.25, 0.3) is 0 Å². The van der Waals surface area contributed by atoms with Gasteiger partial charge in [0.05, 0.1) is 12.2 Å². The van der Waals surface area contributed by atoms with Crippen molar-refractivity contribution in [2.45, 2.75) is 65.9 Å². The van der Waals surface area contributed by atoms with Gasteiger partial charge in [0, 0.05) is 19.6 Å². The minimum Gasteiger partial charge on any atom is -0.490 e. The van der Waals surface area contributed by atoms with Crippen molar-refractivity contribution in [2.75, 3.05) is 37.7 Å². The molecule has 3 rings (SSSR count). The van der Waals surface area contributed by atoms with Crippen LogP contribution < -0.4 is 9.64 Å². The van der Waals surface area contributed by atoms with Gasteiger partial charge in [0.2, 0.25) is 0 Å². The van der Waals surface area contributed by atoms with Crippen molar-refractivity contribution in [3.8, 4) is 5.75 Å². The van der Waals surface area contributed by atoms with Gasteiger partial charge in [-0.15, -0.1) is 0 Å². The van der Waals surface area contributed by atoms with E-state index in [2.05, 4.69) is 31.7 Å². The molecule has 1 atom stereocenters. The van der Waals surface area contributed by atoms with E-state index in [1.165, 1.54) is 22.4 Å². The average molecular weight is 375 g/mol. The number of anilines is 1. The predicted octanol–water partition coefficient (Wildman–Crippen LogP) is 4.50. The fraction of sp³-hybridized carbons (Fsp3) is 0.682. The van der Waals surface area contributed by atoms with Gasteiger partial charge in [-0.1, -0.05) is 13.8 Å². The second-order valence-electron chi connectivity index (χ2n) is 8.83. The summed E-state index contributed by atoms with van der Waals surface area (Å²) in [5.41, 5.74) is 4.78. The van der Waals surface area contributed by atoms with Crippen LogP contribution in [0.5, 0.6) is 5.75 Å². The molecule has 1 aromatic carbocycles. The highest BCUT2D eigenvalue weighted by atomic mass is 16.6. The molecule has 0 fully saturated rings. The Bertz CT molecular complexity index is 708. The third-order valence-corrected chi connectivity index (χ3v) is 5.36. The van der Waals surface area contributed by atoms with E-state index >= 15 is 0 Å². The van der Waals surface area contributed by atoms with Crippen LogP contribution in [0.4, 0.5) is 10.5 Å². The van der Waals surface area contributed by atoms with E-state index in [9.17, 15) is 4.79 Å². The maximum Gasteiger partial charge on any atom is 0.410 e. The molecule has 2 aliphatic heterocycles. The number of ether oxygens (including phenoxy) is 2. The van der Waals surface area contributed by atoms with E-state index < -0.39 is 5.60 Å². The van der Waals surface area contributed by atoms with Gasteiger partial charge < -0.3 is 19.3 Å². The second-order valence-corrected chi connectivity index (χ2v) is 8.83. The number of hydrogen-bond acceptors (Lipinski definition) is 4. The Kier molecular flexibility index (Phi) is 5.59. The number of fused-ring (bicyclic) bond motifs is 2. The van der Waals surface area contributed by atoms with Gasteiger partial charge in [0.1, 0.15) is 18.0 Å². The standard InChI is InChI=1S/C22H34N2O3/c1-7-9-23-11-12-26-18-13-17-8-10-24(21(25)27-22(4,5)6)14-15(2)19(17)16(3)20(18)23/h13,15H,7-12,14H2,1-6H3. The average Bonchev–Trinajstić information content (AvgIpc) is 2.73. The van der Waals surface area contributed by atoms with Gasteiger partial charge in [0.15, 0.2) is 0 Å². The van der Waals surface area contributed by atoms with E-state index in [4.69, 9.17) is 9.47 Å². The van der Waals surface area contributed by atoms with Crippen LogP contribution in [-0.4, -0.2) is 49.4 Å². The van der Waals surface area contributed by atoms with Gasteiger partial charge in [0.25, 0.3) is 0 Å². The number of rotatable bonds is 2. The summed E-state index contributed by atoms with van der Waals surface area (Å²) in [7, 11) is 0. The molecule has 150 valence electrons. The van der Waals surface area contributed by atoms with Crippen molar-refractivity contribution >= 4 is 11.8 Å². The second kappa shape index (κ2) is 7.61. The van der Waals surface area contributed by atoms with Gasteiger partial charge >= 0.3 is 6.09 Å². The summed E-state index contributed by atoms with van der Waals surface area (Å²) in [6, 6.07) is 2.22. The highest BCUT2D eigenvalue weighted by molar-refractivity contribution is 5.71. The van der Waals surface area contributed by atoms with Crippen LogP contribution in [0.3, 0.4) is 0 Å². The lowest BCUT2D eigenvalue weighted by atomic mass is 9.89. The summed E-state index contributed by atoms with van der Waals surface area (Å²) >= 11 is 0. The molecule has 5 nitrogen and oxygen atoms in total. The first-order valence-electron chi connectivity index (χ1n) is 10.2. The minimum atomic E-state index is -0.469. The van der Waals surface area contributed by atoms with E-state index in [1.807, 2.05) is 25.7 Å². The van der Waals surface area contributed by atoms with Crippen molar-refractivity contribution in [1.82, 2.24) is 4.90 Å². The number of amides is 1. The topological polar surface area (TPSA) is 42.0 Å². The van der Waals surface area contributed by atoms with Crippen LogP contribution in [0.2, 0.25) is 0 Å². The molecule has 27 heavy (non-hydrogen) atoms. The van der Waals surface area contributed by atoms with Crippen LogP contribution in [0.15, 0.2) is 6.07 Å². The van der Waals surface area contributed by atoms with E-state index in [0.29, 0.717) is 13.1 Å². The van der Waals surface area contributed by atoms with E-state index in [-0.39, 0.29) is 12.0 Å². The Morgan fingerprint density at radius 1 is 1.33 bits per heavy atom. The maximum absolute atomic E-state index is 12.6. The first kappa shape index (κ1) is 19.8. The van der Waals surface area contributed by atoms with Crippen LogP contribution in [-0.2, 0) is 11.2 Å². The Morgan fingerprint density at radius 2 is 2.07 bits per heavy atom. The summed E-state index contributed by atoms with van der Waals surface area (Å²) in [5.74, 6) is 1.27. The Labute approximate surface area is 163 Å². The molecule has 5 heteroatoms. The maximum atomic E-state index is 12.6. The number of carbonyl (C=O) groups excluding carboxylic acids is 1. The third kappa shape index (κ3) is 4.17. The van der Waals surface area contributed by atoms with Crippen molar-refractivity contribution in [3.63, 3.8) is 0 Å². The summed E-state index contributed by atoms with van der Waals surface area (Å²) in [6.45, 7) is 16.5. The zero-order chi connectivity index (χ0) is 19.8. The lowest BCUT2D eigenvalue weighted by Gasteiger charge is -2.34. The number of benzene rings is 1. The van der Waals surface area contributed by atoms with E-state index in [0.717, 1.165) is 38.3 Å². The van der Waals surface area contributed by atoms with Gasteiger partial charge in [-0.25, -0.2) is 4.79 Å². The lowest BCUT2D eigenvalue weighted by molar-refractivity contribution is 0.0248. The largest absolute Gasteiger partial charge is 0.490 e. The predicted molar refractivity (Wildman–Crippen MR) is 109 cm³/mol. The van der Waals surface area contributed by atoms with Crippen molar-refractivity contribution in [2.24, 2.45) is 0 Å². The third-order valence-electron chi connectivity index (χ3n) is 5.36. The number of hydrogen-bond donors (Lipinski definition) is 0. The molecule has 0 saturated carbocycles. The highest BCUT2D eigenvalue weighted by Gasteiger charge is 2.31. The normalized spacial score (nSPS) is 19.7. The molecule has 0 aromatic heterocycles. The number of carbonyl (C=O) groups is 1. The van der Waals surface area contributed by atoms with E-state index in [1.54, 1.807) is 0 Å². The molecule has 0 N–H and O–H groups in total. The quantitative estimate of drug-likeness (QED) is 0.764. The highest BCUT2D eigenvalue weighted by Crippen LogP contribution is 2.42. The Hall–Kier alpha value is -1.91. The SMILES string of the molecule is CCCN1CCOc2cc3c(c(C)c21)C(C)CN(C(=O)OC(C)(C)C)CC3. The van der Waals surface area contributed by atoms with Crippen LogP contribution in [0.1, 0.15) is 63.6 Å². The fourth-order valence-electron chi connectivity index (χ4n) is 4.39. The van der Waals surface area contributed by atoms with Gasteiger partial charge in [-0.3, -0.25) is 0 Å². The zero-order valence-electron chi connectivity index (χ0n) is 17.7. The zero-order valence-corrected chi connectivity index (χ0v) is 17.7. The molecule has 0 bridgehead atoms. The Morgan fingerprint density at radius 3 is 2.74 bits per heavy atom. The minimum absolute atomic E-state index is 0.214. The molecule has 0 saturated heterocycles. The van der Waals surface area contributed by atoms with Crippen molar-refractivity contribution < 1.29 is 14.3 Å². The molecule has 2 aliphatic rings. The molecule has 1 amide bonds. The first-order valence-corrected chi connectivity index (χ1v) is 10.2. The monoisotopic (exact) mass is 374 g/mol. The van der Waals surface area contributed by atoms with Gasteiger partial charge in [-0.2, -0.15) is 0 Å². The lowest BCUT2D eigenvalue weighted by Crippen LogP contribution is -2.38. The Balaban J connectivity index is 1.91. The summed E-state index contributed by atoms with van der Waals surface area (Å²) in [5, 5.41) is 0. The number of nitrogens with zero attached hydrogens (tertiary/aromatic N) is 2. The van der Waals surface area contributed by atoms with Crippen LogP contribution in [0, 0.1) is 6.92 Å². The molecule has 1 aromatic rings. The molecular weight excluding hydrogens is 340 g/mol. The van der Waals surface area contributed by atoms with Crippen LogP contribution >= 0.6 is 0 Å². The van der Waals surface area contributed by atoms with Crippen molar-refractivity contribution in [1.29, 1.82) is 0 Å². The summed E-state index contributed by atoms with van der Waals surface area (Å²) in [6.07, 6.45) is 1.75.